The van der Waals surface area contributed by atoms with Gasteiger partial charge in [0.25, 0.3) is 0 Å². The number of halogens is 1. The molecule has 2 aromatic rings. The van der Waals surface area contributed by atoms with Crippen molar-refractivity contribution in [1.29, 1.82) is 0 Å². The summed E-state index contributed by atoms with van der Waals surface area (Å²) in [4.78, 5) is 29.9. The Balaban J connectivity index is 1.72. The molecule has 3 rings (SSSR count). The van der Waals surface area contributed by atoms with Crippen LogP contribution in [0.25, 0.3) is 11.1 Å². The number of rotatable bonds is 8. The van der Waals surface area contributed by atoms with E-state index >= 15 is 0 Å². The van der Waals surface area contributed by atoms with Crippen molar-refractivity contribution in [3.8, 4) is 11.1 Å². The van der Waals surface area contributed by atoms with E-state index in [2.05, 4.69) is 15.5 Å². The molecular weight excluding hydrogens is 442 g/mol. The Morgan fingerprint density at radius 2 is 1.88 bits per heavy atom. The number of benzene rings is 1. The first-order valence-electron chi connectivity index (χ1n) is 11.2. The monoisotopic (exact) mass is 473 g/mol. The maximum absolute atomic E-state index is 13.2. The van der Waals surface area contributed by atoms with E-state index in [1.165, 1.54) is 6.20 Å². The van der Waals surface area contributed by atoms with Crippen molar-refractivity contribution < 1.29 is 14.7 Å². The Labute approximate surface area is 199 Å². The van der Waals surface area contributed by atoms with Crippen LogP contribution in [0.1, 0.15) is 38.3 Å². The maximum atomic E-state index is 13.2. The molecule has 1 saturated heterocycles. The summed E-state index contributed by atoms with van der Waals surface area (Å²) in [5.41, 5.74) is 2.37. The summed E-state index contributed by atoms with van der Waals surface area (Å²) in [6.07, 6.45) is 4.46. The molecule has 1 aliphatic rings. The molecule has 8 nitrogen and oxygen atoms in total. The maximum Gasteiger partial charge on any atom is 0.243 e. The van der Waals surface area contributed by atoms with Crippen molar-refractivity contribution in [1.82, 2.24) is 25.3 Å². The highest BCUT2D eigenvalue weighted by Crippen LogP contribution is 2.28. The van der Waals surface area contributed by atoms with Gasteiger partial charge in [0, 0.05) is 12.1 Å². The minimum atomic E-state index is -0.579. The fourth-order valence-electron chi connectivity index (χ4n) is 4.49. The number of nitrogens with one attached hydrogen (secondary N) is 1. The number of hydrogen-bond acceptors (Lipinski definition) is 6. The van der Waals surface area contributed by atoms with E-state index in [-0.39, 0.29) is 30.4 Å². The summed E-state index contributed by atoms with van der Waals surface area (Å²) in [6, 6.07) is 6.01. The molecule has 33 heavy (non-hydrogen) atoms. The zero-order chi connectivity index (χ0) is 24.1. The molecule has 9 heteroatoms. The average molecular weight is 474 g/mol. The van der Waals surface area contributed by atoms with Gasteiger partial charge in [0.1, 0.15) is 6.04 Å². The topological polar surface area (TPSA) is 98.7 Å². The van der Waals surface area contributed by atoms with Crippen LogP contribution in [0.15, 0.2) is 36.7 Å². The van der Waals surface area contributed by atoms with E-state index in [1.54, 1.807) is 11.1 Å². The second-order valence-corrected chi connectivity index (χ2v) is 9.37. The molecule has 0 spiro atoms. The van der Waals surface area contributed by atoms with Crippen molar-refractivity contribution in [2.24, 2.45) is 5.92 Å². The smallest absolute Gasteiger partial charge is 0.243 e. The number of likely N-dealkylation sites (N-methyl/N-ethyl adjacent to an activating group) is 1. The molecule has 0 bridgehead atoms. The number of hydrogen-bond donors (Lipinski definition) is 2. The van der Waals surface area contributed by atoms with E-state index < -0.39 is 12.1 Å². The summed E-state index contributed by atoms with van der Waals surface area (Å²) in [5, 5.41) is 21.0. The number of likely N-dealkylation sites (tertiary alicyclic amines) is 1. The third-order valence-electron chi connectivity index (χ3n) is 6.08. The molecule has 1 aromatic carbocycles. The zero-order valence-corrected chi connectivity index (χ0v) is 20.3. The van der Waals surface area contributed by atoms with E-state index in [1.807, 2.05) is 57.1 Å². The quantitative estimate of drug-likeness (QED) is 0.611. The van der Waals surface area contributed by atoms with Crippen molar-refractivity contribution in [2.75, 3.05) is 27.2 Å². The number of carbonyl (C=O) groups excluding carboxylic acids is 2. The molecule has 0 saturated carbocycles. The third kappa shape index (κ3) is 5.69. The molecule has 0 aliphatic carbocycles. The molecule has 1 aromatic heterocycles. The van der Waals surface area contributed by atoms with Gasteiger partial charge in [-0.05, 0) is 44.0 Å². The Bertz CT molecular complexity index is 959. The molecular formula is C24H32ClN5O3. The molecule has 2 N–H and O–H groups in total. The van der Waals surface area contributed by atoms with Crippen LogP contribution in [0, 0.1) is 5.92 Å². The molecule has 1 fully saturated rings. The summed E-state index contributed by atoms with van der Waals surface area (Å²) in [6.45, 7) is 4.32. The van der Waals surface area contributed by atoms with Crippen molar-refractivity contribution >= 4 is 23.4 Å². The Morgan fingerprint density at radius 1 is 1.21 bits per heavy atom. The lowest BCUT2D eigenvalue weighted by atomic mass is 10.0. The predicted octanol–water partition coefficient (Wildman–Crippen LogP) is 2.52. The number of aliphatic hydroxyl groups is 1. The van der Waals surface area contributed by atoms with Gasteiger partial charge in [0.15, 0.2) is 0 Å². The van der Waals surface area contributed by atoms with Gasteiger partial charge >= 0.3 is 0 Å². The van der Waals surface area contributed by atoms with Crippen LogP contribution in [-0.4, -0.2) is 76.2 Å². The molecule has 2 heterocycles. The SMILES string of the molecule is CC(C)[C@@H](C(=O)N1CCC[C@H]1C(=O)N[C@@H](CO)c1ccc(-c2cnncc2Cl)cc1)N(C)C. The van der Waals surface area contributed by atoms with Crippen molar-refractivity contribution in [3.05, 3.63) is 47.2 Å². The predicted molar refractivity (Wildman–Crippen MR) is 127 cm³/mol. The average Bonchev–Trinajstić information content (AvgIpc) is 3.27. The first-order chi connectivity index (χ1) is 15.7. The molecule has 2 amide bonds. The summed E-state index contributed by atoms with van der Waals surface area (Å²) in [5.74, 6) is -0.142. The van der Waals surface area contributed by atoms with Gasteiger partial charge < -0.3 is 15.3 Å². The molecule has 1 aliphatic heterocycles. The lowest BCUT2D eigenvalue weighted by Gasteiger charge is -2.34. The van der Waals surface area contributed by atoms with Gasteiger partial charge in [-0.3, -0.25) is 14.5 Å². The highest BCUT2D eigenvalue weighted by molar-refractivity contribution is 6.33. The first kappa shape index (κ1) is 25.1. The lowest BCUT2D eigenvalue weighted by molar-refractivity contribution is -0.143. The van der Waals surface area contributed by atoms with Gasteiger partial charge in [0.05, 0.1) is 36.1 Å². The summed E-state index contributed by atoms with van der Waals surface area (Å²) >= 11 is 6.20. The number of aromatic nitrogens is 2. The van der Waals surface area contributed by atoms with Crippen LogP contribution in [0.5, 0.6) is 0 Å². The minimum absolute atomic E-state index is 0.0274. The molecule has 178 valence electrons. The highest BCUT2D eigenvalue weighted by Gasteiger charge is 2.39. The van der Waals surface area contributed by atoms with Gasteiger partial charge in [-0.2, -0.15) is 10.2 Å². The van der Waals surface area contributed by atoms with Crippen LogP contribution in [0.2, 0.25) is 5.02 Å². The number of amides is 2. The van der Waals surface area contributed by atoms with Crippen LogP contribution >= 0.6 is 11.6 Å². The number of carbonyl (C=O) groups is 2. The lowest BCUT2D eigenvalue weighted by Crippen LogP contribution is -2.54. The first-order valence-corrected chi connectivity index (χ1v) is 11.6. The standard InChI is InChI=1S/C24H32ClN5O3/c1-15(2)22(29(3)4)24(33)30-11-5-6-21(30)23(32)28-20(14-31)17-9-7-16(8-10-17)18-12-26-27-13-19(18)25/h7-10,12-13,15,20-22,31H,5-6,11,14H2,1-4H3,(H,28,32)/t20-,21-,22-/m0/s1. The van der Waals surface area contributed by atoms with Crippen LogP contribution in [0.3, 0.4) is 0 Å². The Morgan fingerprint density at radius 3 is 2.45 bits per heavy atom. The van der Waals surface area contributed by atoms with Gasteiger partial charge in [-0.25, -0.2) is 0 Å². The normalized spacial score (nSPS) is 17.9. The highest BCUT2D eigenvalue weighted by atomic mass is 35.5. The van der Waals surface area contributed by atoms with E-state index in [9.17, 15) is 14.7 Å². The summed E-state index contributed by atoms with van der Waals surface area (Å²) < 4.78 is 0. The fraction of sp³-hybridized carbons (Fsp3) is 0.500. The van der Waals surface area contributed by atoms with E-state index in [4.69, 9.17) is 11.6 Å². The number of aliphatic hydroxyl groups excluding tert-OH is 1. The molecule has 0 unspecified atom stereocenters. The van der Waals surface area contributed by atoms with Gasteiger partial charge in [0.2, 0.25) is 11.8 Å². The molecule has 3 atom stereocenters. The van der Waals surface area contributed by atoms with Gasteiger partial charge in [-0.1, -0.05) is 49.7 Å². The second kappa shape index (κ2) is 11.0. The fourth-order valence-corrected chi connectivity index (χ4v) is 4.69. The van der Waals surface area contributed by atoms with E-state index in [0.29, 0.717) is 18.0 Å². The molecule has 0 radical (unpaired) electrons. The van der Waals surface area contributed by atoms with Crippen LogP contribution in [-0.2, 0) is 9.59 Å². The van der Waals surface area contributed by atoms with Crippen LogP contribution in [0.4, 0.5) is 0 Å². The van der Waals surface area contributed by atoms with Crippen molar-refractivity contribution in [2.45, 2.75) is 44.8 Å². The zero-order valence-electron chi connectivity index (χ0n) is 19.5. The van der Waals surface area contributed by atoms with Crippen LogP contribution < -0.4 is 5.32 Å². The Hall–Kier alpha value is -2.55. The number of nitrogens with zero attached hydrogens (tertiary/aromatic N) is 4. The largest absolute Gasteiger partial charge is 0.394 e. The minimum Gasteiger partial charge on any atom is -0.394 e. The van der Waals surface area contributed by atoms with E-state index in [0.717, 1.165) is 23.1 Å². The summed E-state index contributed by atoms with van der Waals surface area (Å²) in [7, 11) is 3.77. The third-order valence-corrected chi connectivity index (χ3v) is 6.39. The Kier molecular flexibility index (Phi) is 8.40. The second-order valence-electron chi connectivity index (χ2n) is 8.96. The van der Waals surface area contributed by atoms with Gasteiger partial charge in [-0.15, -0.1) is 0 Å². The van der Waals surface area contributed by atoms with Crippen molar-refractivity contribution in [3.63, 3.8) is 0 Å².